The Morgan fingerprint density at radius 2 is 0.846 bits per heavy atom. The number of phosphoric ester groups is 1. The third-order valence-electron chi connectivity index (χ3n) is 4.41. The first-order valence-corrected chi connectivity index (χ1v) is 15.0. The number of rotatable bonds is 6. The summed E-state index contributed by atoms with van der Waals surface area (Å²) in [6.07, 6.45) is -2.36. The second-order valence-electron chi connectivity index (χ2n) is 6.84. The van der Waals surface area contributed by atoms with E-state index in [1.54, 1.807) is 0 Å². The van der Waals surface area contributed by atoms with E-state index in [0.29, 0.717) is 0 Å². The summed E-state index contributed by atoms with van der Waals surface area (Å²) in [4.78, 5) is 0. The fraction of sp³-hybridized carbons (Fsp3) is 1.00. The molecular formula is C12H21O10PS3. The molecule has 0 saturated carbocycles. The van der Waals surface area contributed by atoms with Crippen LogP contribution in [0.25, 0.3) is 0 Å². The number of sulfone groups is 3. The molecule has 0 unspecified atom stereocenters. The molecule has 10 nitrogen and oxygen atoms in total. The molecule has 3 heterocycles. The minimum atomic E-state index is -4.33. The topological polar surface area (TPSA) is 147 Å². The first-order valence-electron chi connectivity index (χ1n) is 8.12. The van der Waals surface area contributed by atoms with Crippen LogP contribution in [0.5, 0.6) is 0 Å². The largest absolute Gasteiger partial charge is 0.475 e. The highest BCUT2D eigenvalue weighted by molar-refractivity contribution is 7.92. The fourth-order valence-corrected chi connectivity index (χ4v) is 10.0. The van der Waals surface area contributed by atoms with E-state index < -0.39 is 55.6 Å². The van der Waals surface area contributed by atoms with Crippen LogP contribution in [0.1, 0.15) is 19.3 Å². The second-order valence-corrected chi connectivity index (χ2v) is 15.1. The first kappa shape index (κ1) is 20.7. The number of hydrogen-bond acceptors (Lipinski definition) is 10. The second kappa shape index (κ2) is 7.09. The Balaban J connectivity index is 1.73. The highest BCUT2D eigenvalue weighted by atomic mass is 32.2. The molecule has 0 aromatic heterocycles. The summed E-state index contributed by atoms with van der Waals surface area (Å²) >= 11 is 0. The summed E-state index contributed by atoms with van der Waals surface area (Å²) in [6.45, 7) is 0. The summed E-state index contributed by atoms with van der Waals surface area (Å²) < 4.78 is 98.5. The SMILES string of the molecule is O=P(O[C@@H]1CCS(=O)(=O)C1)(O[C@@H]1CCS(=O)(=O)C1)O[C@H]1CCS(=O)(=O)C1. The molecule has 3 fully saturated rings. The molecule has 0 aliphatic carbocycles. The van der Waals surface area contributed by atoms with Crippen molar-refractivity contribution in [3.05, 3.63) is 0 Å². The van der Waals surface area contributed by atoms with Crippen molar-refractivity contribution in [1.82, 2.24) is 0 Å². The molecule has 0 spiro atoms. The van der Waals surface area contributed by atoms with Crippen molar-refractivity contribution >= 4 is 37.3 Å². The van der Waals surface area contributed by atoms with E-state index in [9.17, 15) is 29.8 Å². The maximum atomic E-state index is 13.1. The first-order chi connectivity index (χ1) is 11.9. The predicted octanol–water partition coefficient (Wildman–Crippen LogP) is -0.294. The van der Waals surface area contributed by atoms with Crippen LogP contribution in [-0.2, 0) is 47.6 Å². The van der Waals surface area contributed by atoms with Gasteiger partial charge in [0, 0.05) is 0 Å². The molecule has 3 aliphatic rings. The average Bonchev–Trinajstić information content (AvgIpc) is 3.07. The lowest BCUT2D eigenvalue weighted by Crippen LogP contribution is -2.23. The van der Waals surface area contributed by atoms with Gasteiger partial charge in [-0.1, -0.05) is 0 Å². The Hall–Kier alpha value is -0.0400. The van der Waals surface area contributed by atoms with Gasteiger partial charge < -0.3 is 0 Å². The number of phosphoric acid groups is 1. The molecule has 0 amide bonds. The summed E-state index contributed by atoms with van der Waals surface area (Å²) in [5.41, 5.74) is 0. The maximum Gasteiger partial charge on any atom is 0.475 e. The minimum absolute atomic E-state index is 0.116. The van der Waals surface area contributed by atoms with Crippen molar-refractivity contribution in [3.8, 4) is 0 Å². The quantitative estimate of drug-likeness (QED) is 0.492. The van der Waals surface area contributed by atoms with Gasteiger partial charge in [-0.05, 0) is 19.3 Å². The molecule has 0 bridgehead atoms. The van der Waals surface area contributed by atoms with Gasteiger partial charge in [0.2, 0.25) is 0 Å². The molecule has 3 rings (SSSR count). The zero-order chi connectivity index (χ0) is 19.2. The summed E-state index contributed by atoms with van der Waals surface area (Å²) in [5.74, 6) is -1.37. The van der Waals surface area contributed by atoms with Gasteiger partial charge in [-0.3, -0.25) is 13.6 Å². The Morgan fingerprint density at radius 3 is 1.04 bits per heavy atom. The zero-order valence-corrected chi connectivity index (χ0v) is 17.2. The predicted molar refractivity (Wildman–Crippen MR) is 92.0 cm³/mol. The lowest BCUT2D eigenvalue weighted by Gasteiger charge is -2.25. The van der Waals surface area contributed by atoms with Crippen LogP contribution in [0.3, 0.4) is 0 Å². The van der Waals surface area contributed by atoms with Crippen molar-refractivity contribution in [3.63, 3.8) is 0 Å². The van der Waals surface area contributed by atoms with Crippen molar-refractivity contribution in [1.29, 1.82) is 0 Å². The van der Waals surface area contributed by atoms with Crippen LogP contribution in [-0.4, -0.2) is 78.1 Å². The Morgan fingerprint density at radius 1 is 0.577 bits per heavy atom. The molecule has 14 heteroatoms. The molecule has 0 N–H and O–H groups in total. The lowest BCUT2D eigenvalue weighted by molar-refractivity contribution is 0.0482. The van der Waals surface area contributed by atoms with Crippen LogP contribution < -0.4 is 0 Å². The number of hydrogen-bond donors (Lipinski definition) is 0. The van der Waals surface area contributed by atoms with Gasteiger partial charge in [-0.2, -0.15) is 0 Å². The molecule has 3 saturated heterocycles. The van der Waals surface area contributed by atoms with E-state index in [0.717, 1.165) is 0 Å². The third kappa shape index (κ3) is 5.49. The van der Waals surface area contributed by atoms with Crippen molar-refractivity contribution in [2.75, 3.05) is 34.5 Å². The van der Waals surface area contributed by atoms with Gasteiger partial charge in [0.15, 0.2) is 29.5 Å². The van der Waals surface area contributed by atoms with E-state index in [1.165, 1.54) is 0 Å². The van der Waals surface area contributed by atoms with Crippen LogP contribution in [0.4, 0.5) is 0 Å². The summed E-state index contributed by atoms with van der Waals surface area (Å²) in [7, 11) is -14.3. The molecule has 26 heavy (non-hydrogen) atoms. The zero-order valence-electron chi connectivity index (χ0n) is 13.9. The van der Waals surface area contributed by atoms with E-state index in [2.05, 4.69) is 0 Å². The Kier molecular flexibility index (Phi) is 5.64. The summed E-state index contributed by atoms with van der Waals surface area (Å²) in [5, 5.41) is 0. The van der Waals surface area contributed by atoms with E-state index >= 15 is 0 Å². The van der Waals surface area contributed by atoms with Gasteiger partial charge in [-0.25, -0.2) is 29.8 Å². The maximum absolute atomic E-state index is 13.1. The van der Waals surface area contributed by atoms with Gasteiger partial charge in [0.1, 0.15) is 0 Å². The standard InChI is InChI=1S/C12H21O10PS3/c13-23(20-10-1-4-24(14,15)7-10,21-11-2-5-25(16,17)8-11)22-12-3-6-26(18,19)9-12/h10-12H,1-9H2/t10-,11-,12+/m1/s1. The van der Waals surface area contributed by atoms with Crippen LogP contribution in [0.15, 0.2) is 0 Å². The van der Waals surface area contributed by atoms with Crippen molar-refractivity contribution < 1.29 is 43.4 Å². The van der Waals surface area contributed by atoms with Gasteiger partial charge in [-0.15, -0.1) is 0 Å². The molecule has 0 aromatic rings. The van der Waals surface area contributed by atoms with Crippen LogP contribution >= 0.6 is 7.82 Å². The molecule has 152 valence electrons. The highest BCUT2D eigenvalue weighted by Gasteiger charge is 2.44. The summed E-state index contributed by atoms with van der Waals surface area (Å²) in [6, 6.07) is 0. The third-order valence-corrected chi connectivity index (χ3v) is 11.3. The molecule has 0 aromatic carbocycles. The molecule has 0 radical (unpaired) electrons. The Bertz CT molecular complexity index is 788. The minimum Gasteiger partial charge on any atom is -0.282 e. The van der Waals surface area contributed by atoms with E-state index in [-0.39, 0.29) is 53.8 Å². The van der Waals surface area contributed by atoms with Gasteiger partial charge >= 0.3 is 7.82 Å². The Labute approximate surface area is 153 Å². The van der Waals surface area contributed by atoms with Crippen molar-refractivity contribution in [2.24, 2.45) is 0 Å². The molecular weight excluding hydrogens is 431 g/mol. The highest BCUT2D eigenvalue weighted by Crippen LogP contribution is 2.55. The average molecular weight is 452 g/mol. The van der Waals surface area contributed by atoms with Gasteiger partial charge in [0.05, 0.1) is 52.8 Å². The molecule has 3 aliphatic heterocycles. The lowest BCUT2D eigenvalue weighted by atomic mass is 10.3. The van der Waals surface area contributed by atoms with Crippen LogP contribution in [0, 0.1) is 0 Å². The monoisotopic (exact) mass is 452 g/mol. The van der Waals surface area contributed by atoms with E-state index in [1.807, 2.05) is 0 Å². The normalized spacial score (nSPS) is 35.6. The van der Waals surface area contributed by atoms with Crippen molar-refractivity contribution in [2.45, 2.75) is 37.6 Å². The molecule has 3 atom stereocenters. The van der Waals surface area contributed by atoms with Crippen LogP contribution in [0.2, 0.25) is 0 Å². The van der Waals surface area contributed by atoms with Gasteiger partial charge in [0.25, 0.3) is 0 Å². The van der Waals surface area contributed by atoms with E-state index in [4.69, 9.17) is 13.6 Å². The fourth-order valence-electron chi connectivity index (χ4n) is 3.15. The smallest absolute Gasteiger partial charge is 0.282 e.